The first kappa shape index (κ1) is 25.7. The molecule has 3 aromatic rings. The van der Waals surface area contributed by atoms with Gasteiger partial charge in [-0.3, -0.25) is 9.59 Å². The van der Waals surface area contributed by atoms with Crippen LogP contribution in [0.1, 0.15) is 61.6 Å². The number of halogens is 1. The molecule has 1 N–H and O–H groups in total. The predicted molar refractivity (Wildman–Crippen MR) is 144 cm³/mol. The number of rotatable bonds is 5. The number of ether oxygens (including phenoxy) is 1. The molecule has 5 nitrogen and oxygen atoms in total. The molecule has 0 aliphatic carbocycles. The van der Waals surface area contributed by atoms with E-state index >= 15 is 0 Å². The van der Waals surface area contributed by atoms with E-state index < -0.39 is 17.7 Å². The number of carbonyl (C=O) groups is 2. The van der Waals surface area contributed by atoms with Gasteiger partial charge in [0.15, 0.2) is 0 Å². The Balaban J connectivity index is 1.56. The molecule has 0 spiro atoms. The van der Waals surface area contributed by atoms with Crippen molar-refractivity contribution in [2.24, 2.45) is 0 Å². The van der Waals surface area contributed by atoms with Crippen LogP contribution >= 0.6 is 0 Å². The highest BCUT2D eigenvalue weighted by atomic mass is 19.1. The minimum atomic E-state index is -0.743. The van der Waals surface area contributed by atoms with Crippen molar-refractivity contribution in [1.29, 1.82) is 0 Å². The second-order valence-corrected chi connectivity index (χ2v) is 11.2. The minimum absolute atomic E-state index is 0.0424. The maximum absolute atomic E-state index is 13.4. The lowest BCUT2D eigenvalue weighted by molar-refractivity contribution is -0.139. The van der Waals surface area contributed by atoms with Crippen molar-refractivity contribution in [2.45, 2.75) is 58.1 Å². The summed E-state index contributed by atoms with van der Waals surface area (Å²) in [6, 6.07) is 18.6. The van der Waals surface area contributed by atoms with Gasteiger partial charge < -0.3 is 14.7 Å². The molecule has 2 aliphatic heterocycles. The third kappa shape index (κ3) is 4.83. The summed E-state index contributed by atoms with van der Waals surface area (Å²) in [5.41, 5.74) is 4.17. The summed E-state index contributed by atoms with van der Waals surface area (Å²) in [4.78, 5) is 28.2. The van der Waals surface area contributed by atoms with Gasteiger partial charge in [0.1, 0.15) is 23.4 Å². The van der Waals surface area contributed by atoms with Crippen molar-refractivity contribution in [3.63, 3.8) is 0 Å². The molecule has 1 fully saturated rings. The Morgan fingerprint density at radius 3 is 2.37 bits per heavy atom. The standard InChI is InChI=1S/C32H32FNO4/c1-19-17-23-18-22(9-14-26(23)38-19)29(35)27-28(21-7-10-24(11-8-21)32(2,3)4)34(31(37)30(27)36)16-15-20-5-12-25(33)13-6-20/h5-14,18-19,28,35H,15-17H2,1-4H3/b29-27-. The summed E-state index contributed by atoms with van der Waals surface area (Å²) < 4.78 is 19.2. The van der Waals surface area contributed by atoms with Gasteiger partial charge in [0.05, 0.1) is 11.6 Å². The highest BCUT2D eigenvalue weighted by Gasteiger charge is 2.46. The van der Waals surface area contributed by atoms with E-state index in [1.165, 1.54) is 17.0 Å². The molecular weight excluding hydrogens is 481 g/mol. The van der Waals surface area contributed by atoms with Crippen LogP contribution < -0.4 is 4.74 Å². The second-order valence-electron chi connectivity index (χ2n) is 11.2. The summed E-state index contributed by atoms with van der Waals surface area (Å²) >= 11 is 0. The molecule has 38 heavy (non-hydrogen) atoms. The van der Waals surface area contributed by atoms with E-state index in [0.717, 1.165) is 28.0 Å². The van der Waals surface area contributed by atoms with Gasteiger partial charge in [-0.25, -0.2) is 4.39 Å². The van der Waals surface area contributed by atoms with E-state index in [1.54, 1.807) is 24.3 Å². The average molecular weight is 514 g/mol. The zero-order valence-electron chi connectivity index (χ0n) is 22.1. The fraction of sp³-hybridized carbons (Fsp3) is 0.312. The van der Waals surface area contributed by atoms with Gasteiger partial charge in [0.25, 0.3) is 11.7 Å². The lowest BCUT2D eigenvalue weighted by atomic mass is 9.85. The number of aliphatic hydroxyl groups excluding tert-OH is 1. The summed E-state index contributed by atoms with van der Waals surface area (Å²) in [6.07, 6.45) is 1.19. The molecule has 2 aliphatic rings. The summed E-state index contributed by atoms with van der Waals surface area (Å²) in [5, 5.41) is 11.5. The third-order valence-electron chi connectivity index (χ3n) is 7.36. The Hall–Kier alpha value is -3.93. The smallest absolute Gasteiger partial charge is 0.295 e. The number of likely N-dealkylation sites (tertiary alicyclic amines) is 1. The zero-order valence-corrected chi connectivity index (χ0v) is 22.1. The number of hydrogen-bond donors (Lipinski definition) is 1. The van der Waals surface area contributed by atoms with Crippen molar-refractivity contribution in [3.8, 4) is 5.75 Å². The molecule has 196 valence electrons. The van der Waals surface area contributed by atoms with Gasteiger partial charge in [-0.05, 0) is 71.3 Å². The van der Waals surface area contributed by atoms with Crippen molar-refractivity contribution < 1.29 is 23.8 Å². The van der Waals surface area contributed by atoms with E-state index in [1.807, 2.05) is 37.3 Å². The number of aliphatic hydroxyl groups is 1. The zero-order chi connectivity index (χ0) is 27.2. The summed E-state index contributed by atoms with van der Waals surface area (Å²) in [6.45, 7) is 8.58. The quantitative estimate of drug-likeness (QED) is 0.254. The van der Waals surface area contributed by atoms with Crippen LogP contribution in [0.5, 0.6) is 5.75 Å². The number of fused-ring (bicyclic) bond motifs is 1. The number of ketones is 1. The van der Waals surface area contributed by atoms with E-state index in [2.05, 4.69) is 20.8 Å². The van der Waals surface area contributed by atoms with Crippen LogP contribution in [0.15, 0.2) is 72.3 Å². The number of carbonyl (C=O) groups excluding carboxylic acids is 2. The van der Waals surface area contributed by atoms with Crippen molar-refractivity contribution in [1.82, 2.24) is 4.90 Å². The number of hydrogen-bond acceptors (Lipinski definition) is 4. The van der Waals surface area contributed by atoms with Gasteiger partial charge in [-0.15, -0.1) is 0 Å². The number of benzene rings is 3. The molecule has 2 unspecified atom stereocenters. The second kappa shape index (κ2) is 9.75. The number of nitrogens with zero attached hydrogens (tertiary/aromatic N) is 1. The SMILES string of the molecule is CC1Cc2cc(/C(O)=C3/C(=O)C(=O)N(CCc4ccc(F)cc4)C3c3ccc(C(C)(C)C)cc3)ccc2O1. The molecule has 2 heterocycles. The van der Waals surface area contributed by atoms with Crippen LogP contribution in [-0.2, 0) is 27.8 Å². The molecule has 0 saturated carbocycles. The molecule has 0 aromatic heterocycles. The first-order valence-corrected chi connectivity index (χ1v) is 13.0. The Labute approximate surface area is 222 Å². The van der Waals surface area contributed by atoms with Gasteiger partial charge >= 0.3 is 0 Å². The van der Waals surface area contributed by atoms with Gasteiger partial charge in [-0.2, -0.15) is 0 Å². The van der Waals surface area contributed by atoms with Crippen LogP contribution in [0.2, 0.25) is 0 Å². The van der Waals surface area contributed by atoms with Crippen molar-refractivity contribution in [2.75, 3.05) is 6.54 Å². The topological polar surface area (TPSA) is 66.8 Å². The van der Waals surface area contributed by atoms with Gasteiger partial charge in [0, 0.05) is 18.5 Å². The highest BCUT2D eigenvalue weighted by Crippen LogP contribution is 2.41. The molecule has 5 rings (SSSR count). The molecule has 0 radical (unpaired) electrons. The van der Waals surface area contributed by atoms with Crippen LogP contribution in [0.25, 0.3) is 5.76 Å². The average Bonchev–Trinajstić information content (AvgIpc) is 3.38. The molecule has 0 bridgehead atoms. The van der Waals surface area contributed by atoms with Crippen LogP contribution in [-0.4, -0.2) is 34.3 Å². The van der Waals surface area contributed by atoms with Crippen molar-refractivity contribution in [3.05, 3.63) is 106 Å². The largest absolute Gasteiger partial charge is 0.507 e. The van der Waals surface area contributed by atoms with Crippen LogP contribution in [0.3, 0.4) is 0 Å². The number of Topliss-reactive ketones (excluding diaryl/α,β-unsaturated/α-hetero) is 1. The van der Waals surface area contributed by atoms with Crippen LogP contribution in [0, 0.1) is 5.82 Å². The van der Waals surface area contributed by atoms with Gasteiger partial charge in [-0.1, -0.05) is 57.2 Å². The summed E-state index contributed by atoms with van der Waals surface area (Å²) in [5.74, 6) is -1.13. The lowest BCUT2D eigenvalue weighted by Crippen LogP contribution is -2.31. The third-order valence-corrected chi connectivity index (χ3v) is 7.36. The van der Waals surface area contributed by atoms with E-state index in [-0.39, 0.29) is 35.2 Å². The Morgan fingerprint density at radius 1 is 1.03 bits per heavy atom. The predicted octanol–water partition coefficient (Wildman–Crippen LogP) is 6.11. The van der Waals surface area contributed by atoms with Crippen molar-refractivity contribution >= 4 is 17.4 Å². The normalized spacial score (nSPS) is 20.5. The van der Waals surface area contributed by atoms with E-state index in [9.17, 15) is 19.1 Å². The molecule has 1 amide bonds. The Kier molecular flexibility index (Phi) is 6.59. The highest BCUT2D eigenvalue weighted by molar-refractivity contribution is 6.46. The fourth-order valence-corrected chi connectivity index (χ4v) is 5.25. The molecular formula is C32H32FNO4. The summed E-state index contributed by atoms with van der Waals surface area (Å²) in [7, 11) is 0. The Morgan fingerprint density at radius 2 is 1.71 bits per heavy atom. The first-order chi connectivity index (χ1) is 18.0. The first-order valence-electron chi connectivity index (χ1n) is 13.0. The van der Waals surface area contributed by atoms with Gasteiger partial charge in [0.2, 0.25) is 0 Å². The lowest BCUT2D eigenvalue weighted by Gasteiger charge is -2.26. The van der Waals surface area contributed by atoms with Crippen LogP contribution in [0.4, 0.5) is 4.39 Å². The monoisotopic (exact) mass is 513 g/mol. The fourth-order valence-electron chi connectivity index (χ4n) is 5.25. The molecule has 1 saturated heterocycles. The number of amides is 1. The molecule has 2 atom stereocenters. The maximum atomic E-state index is 13.4. The maximum Gasteiger partial charge on any atom is 0.295 e. The molecule has 6 heteroatoms. The minimum Gasteiger partial charge on any atom is -0.507 e. The molecule has 3 aromatic carbocycles. The van der Waals surface area contributed by atoms with E-state index in [4.69, 9.17) is 4.74 Å². The van der Waals surface area contributed by atoms with E-state index in [0.29, 0.717) is 18.4 Å². The Bertz CT molecular complexity index is 1420.